The number of carbonyl (C=O) groups is 2. The van der Waals surface area contributed by atoms with Gasteiger partial charge in [0.1, 0.15) is 0 Å². The first kappa shape index (κ1) is 25.1. The Balaban J connectivity index is 1.32. The van der Waals surface area contributed by atoms with Crippen LogP contribution in [0.1, 0.15) is 46.5 Å². The highest BCUT2D eigenvalue weighted by atomic mass is 32.2. The molecule has 0 aromatic heterocycles. The third kappa shape index (κ3) is 7.03. The van der Waals surface area contributed by atoms with Crippen molar-refractivity contribution in [2.45, 2.75) is 36.5 Å². The molecule has 0 unspecified atom stereocenters. The van der Waals surface area contributed by atoms with Gasteiger partial charge < -0.3 is 4.84 Å². The Hall–Kier alpha value is -3.96. The predicted molar refractivity (Wildman–Crippen MR) is 145 cm³/mol. The summed E-state index contributed by atoms with van der Waals surface area (Å²) in [5.41, 5.74) is 5.32. The Morgan fingerprint density at radius 3 is 1.64 bits per heavy atom. The van der Waals surface area contributed by atoms with Gasteiger partial charge in [-0.3, -0.25) is 4.79 Å². The lowest BCUT2D eigenvalue weighted by atomic mass is 9.99. The van der Waals surface area contributed by atoms with Crippen LogP contribution in [-0.4, -0.2) is 17.5 Å². The highest BCUT2D eigenvalue weighted by Gasteiger charge is 2.10. The molecular weight excluding hydrogens is 466 g/mol. The molecule has 4 aromatic rings. The maximum atomic E-state index is 12.9. The largest absolute Gasteiger partial charge is 0.331 e. The first-order chi connectivity index (χ1) is 17.5. The first-order valence-corrected chi connectivity index (χ1v) is 12.6. The molecule has 0 amide bonds. The van der Waals surface area contributed by atoms with Crippen molar-refractivity contribution in [3.63, 3.8) is 0 Å². The van der Waals surface area contributed by atoms with Crippen LogP contribution >= 0.6 is 11.8 Å². The zero-order chi connectivity index (χ0) is 25.3. The normalized spacial score (nSPS) is 11.2. The molecule has 0 aliphatic carbocycles. The van der Waals surface area contributed by atoms with Gasteiger partial charge in [-0.15, -0.1) is 0 Å². The van der Waals surface area contributed by atoms with Gasteiger partial charge in [-0.25, -0.2) is 4.79 Å². The number of oxime groups is 1. The van der Waals surface area contributed by atoms with E-state index in [2.05, 4.69) is 29.4 Å². The number of ketones is 1. The van der Waals surface area contributed by atoms with E-state index in [1.807, 2.05) is 78.9 Å². The first-order valence-electron chi connectivity index (χ1n) is 11.8. The second-order valence-corrected chi connectivity index (χ2v) is 9.57. The fourth-order valence-electron chi connectivity index (χ4n) is 3.68. The number of nitrogens with zero attached hydrogens (tertiary/aromatic N) is 1. The molecule has 180 valence electrons. The lowest BCUT2D eigenvalue weighted by Crippen LogP contribution is -2.02. The van der Waals surface area contributed by atoms with Gasteiger partial charge in [-0.2, -0.15) is 0 Å². The van der Waals surface area contributed by atoms with Crippen LogP contribution in [0.15, 0.2) is 118 Å². The van der Waals surface area contributed by atoms with Crippen molar-refractivity contribution in [2.24, 2.45) is 5.16 Å². The van der Waals surface area contributed by atoms with Crippen molar-refractivity contribution < 1.29 is 14.4 Å². The van der Waals surface area contributed by atoms with Crippen LogP contribution in [0, 0.1) is 0 Å². The Morgan fingerprint density at radius 2 is 1.11 bits per heavy atom. The average Bonchev–Trinajstić information content (AvgIpc) is 2.92. The van der Waals surface area contributed by atoms with Gasteiger partial charge in [0.2, 0.25) is 0 Å². The summed E-state index contributed by atoms with van der Waals surface area (Å²) in [4.78, 5) is 30.8. The molecule has 0 saturated heterocycles. The number of hydrogen-bond donors (Lipinski definition) is 0. The molecule has 0 atom stereocenters. The Morgan fingerprint density at radius 1 is 0.639 bits per heavy atom. The number of carbonyl (C=O) groups excluding carboxylic acids is 2. The van der Waals surface area contributed by atoms with Gasteiger partial charge in [0.25, 0.3) is 0 Å². The summed E-state index contributed by atoms with van der Waals surface area (Å²) in [6, 6.07) is 33.9. The van der Waals surface area contributed by atoms with Crippen LogP contribution in [0.4, 0.5) is 0 Å². The van der Waals surface area contributed by atoms with E-state index in [-0.39, 0.29) is 5.78 Å². The maximum Gasteiger partial charge on any atom is 0.331 e. The number of benzene rings is 4. The topological polar surface area (TPSA) is 55.7 Å². The number of rotatable bonds is 9. The summed E-state index contributed by atoms with van der Waals surface area (Å²) in [7, 11) is 0. The molecule has 36 heavy (non-hydrogen) atoms. The van der Waals surface area contributed by atoms with Crippen LogP contribution in [-0.2, 0) is 22.5 Å². The van der Waals surface area contributed by atoms with Gasteiger partial charge in [0.15, 0.2) is 5.78 Å². The SMILES string of the molecule is CC(=O)O/N=C(\C)c1ccc(CCc2ccc(C(=O)c3ccc(Sc4ccccc4)cc3)cc2)cc1. The Kier molecular flexibility index (Phi) is 8.48. The average molecular weight is 494 g/mol. The van der Waals surface area contributed by atoms with Crippen molar-refractivity contribution >= 4 is 29.2 Å². The number of aryl methyl sites for hydroxylation is 2. The molecule has 0 heterocycles. The van der Waals surface area contributed by atoms with Crippen LogP contribution < -0.4 is 0 Å². The summed E-state index contributed by atoms with van der Waals surface area (Å²) in [6.07, 6.45) is 1.76. The van der Waals surface area contributed by atoms with Crippen molar-refractivity contribution in [3.05, 3.63) is 131 Å². The molecule has 4 rings (SSSR count). The van der Waals surface area contributed by atoms with E-state index >= 15 is 0 Å². The summed E-state index contributed by atoms with van der Waals surface area (Å²) in [5.74, 6) is -0.409. The summed E-state index contributed by atoms with van der Waals surface area (Å²) in [5, 5.41) is 3.82. The third-order valence-corrected chi connectivity index (χ3v) is 6.71. The summed E-state index contributed by atoms with van der Waals surface area (Å²) >= 11 is 1.68. The lowest BCUT2D eigenvalue weighted by Gasteiger charge is -2.07. The lowest BCUT2D eigenvalue weighted by molar-refractivity contribution is -0.140. The fraction of sp³-hybridized carbons (Fsp3) is 0.129. The van der Waals surface area contributed by atoms with E-state index in [1.54, 1.807) is 18.7 Å². The molecule has 4 aromatic carbocycles. The Labute approximate surface area is 216 Å². The molecular formula is C31H27NO3S. The van der Waals surface area contributed by atoms with E-state index in [0.717, 1.165) is 23.3 Å². The van der Waals surface area contributed by atoms with E-state index < -0.39 is 5.97 Å². The fourth-order valence-corrected chi connectivity index (χ4v) is 4.51. The van der Waals surface area contributed by atoms with Gasteiger partial charge in [0, 0.05) is 27.8 Å². The van der Waals surface area contributed by atoms with Crippen molar-refractivity contribution in [1.29, 1.82) is 0 Å². The molecule has 0 fully saturated rings. The standard InChI is InChI=1S/C31H27NO3S/c1-22(32-35-23(2)33)26-14-10-24(11-15-26)8-9-25-12-16-27(17-13-25)31(34)28-18-20-30(21-19-28)36-29-6-4-3-5-7-29/h3-7,10-21H,8-9H2,1-2H3/b32-22+. The quantitative estimate of drug-likeness (QED) is 0.108. The zero-order valence-electron chi connectivity index (χ0n) is 20.3. The van der Waals surface area contributed by atoms with Crippen molar-refractivity contribution in [1.82, 2.24) is 0 Å². The van der Waals surface area contributed by atoms with Gasteiger partial charge in [-0.05, 0) is 72.9 Å². The van der Waals surface area contributed by atoms with E-state index in [4.69, 9.17) is 4.84 Å². The van der Waals surface area contributed by atoms with Crippen molar-refractivity contribution in [2.75, 3.05) is 0 Å². The van der Waals surface area contributed by atoms with E-state index in [9.17, 15) is 9.59 Å². The van der Waals surface area contributed by atoms with Gasteiger partial charge in [0.05, 0.1) is 5.71 Å². The second-order valence-electron chi connectivity index (χ2n) is 8.42. The molecule has 4 nitrogen and oxygen atoms in total. The maximum absolute atomic E-state index is 12.9. The molecule has 0 radical (unpaired) electrons. The van der Waals surface area contributed by atoms with Gasteiger partial charge in [-0.1, -0.05) is 83.6 Å². The highest BCUT2D eigenvalue weighted by Crippen LogP contribution is 2.27. The van der Waals surface area contributed by atoms with Crippen LogP contribution in [0.3, 0.4) is 0 Å². The Bertz CT molecular complexity index is 1340. The molecule has 0 N–H and O–H groups in total. The minimum atomic E-state index is -0.436. The van der Waals surface area contributed by atoms with Crippen LogP contribution in [0.5, 0.6) is 0 Å². The zero-order valence-corrected chi connectivity index (χ0v) is 21.1. The predicted octanol–water partition coefficient (Wildman–Crippen LogP) is 7.14. The molecule has 0 bridgehead atoms. The smallest absolute Gasteiger partial charge is 0.318 e. The molecule has 0 spiro atoms. The van der Waals surface area contributed by atoms with Crippen LogP contribution in [0.25, 0.3) is 0 Å². The van der Waals surface area contributed by atoms with E-state index in [1.165, 1.54) is 22.9 Å². The van der Waals surface area contributed by atoms with Crippen LogP contribution in [0.2, 0.25) is 0 Å². The molecule has 0 saturated carbocycles. The minimum Gasteiger partial charge on any atom is -0.318 e. The third-order valence-electron chi connectivity index (χ3n) is 5.70. The monoisotopic (exact) mass is 493 g/mol. The molecule has 0 aliphatic heterocycles. The summed E-state index contributed by atoms with van der Waals surface area (Å²) in [6.45, 7) is 3.13. The molecule has 0 aliphatic rings. The summed E-state index contributed by atoms with van der Waals surface area (Å²) < 4.78 is 0. The highest BCUT2D eigenvalue weighted by molar-refractivity contribution is 7.99. The van der Waals surface area contributed by atoms with E-state index in [0.29, 0.717) is 16.8 Å². The number of hydrogen-bond acceptors (Lipinski definition) is 5. The molecule has 5 heteroatoms. The second kappa shape index (κ2) is 12.1. The minimum absolute atomic E-state index is 0.0270. The van der Waals surface area contributed by atoms with Crippen molar-refractivity contribution in [3.8, 4) is 0 Å². The van der Waals surface area contributed by atoms with Gasteiger partial charge >= 0.3 is 5.97 Å².